The number of aromatic nitrogens is 1. The quantitative estimate of drug-likeness (QED) is 0.731. The van der Waals surface area contributed by atoms with Crippen molar-refractivity contribution >= 4 is 34.8 Å². The molecule has 2 nitrogen and oxygen atoms in total. The number of rotatable bonds is 2. The third kappa shape index (κ3) is 3.01. The lowest BCUT2D eigenvalue weighted by molar-refractivity contribution is 0.463. The van der Waals surface area contributed by atoms with E-state index in [4.69, 9.17) is 39.5 Å². The van der Waals surface area contributed by atoms with Crippen LogP contribution in [0.1, 0.15) is 0 Å². The van der Waals surface area contributed by atoms with Gasteiger partial charge in [-0.1, -0.05) is 40.9 Å². The third-order valence-electron chi connectivity index (χ3n) is 1.75. The average molecular weight is 275 g/mol. The largest absolute Gasteiger partial charge is 0.439 e. The average Bonchev–Trinajstić information content (AvgIpc) is 2.15. The SMILES string of the molecule is Clc1cc(Cl)cc(Oc2cccc(Cl)n2)c1. The van der Waals surface area contributed by atoms with E-state index in [9.17, 15) is 0 Å². The fraction of sp³-hybridized carbons (Fsp3) is 0. The fourth-order valence-corrected chi connectivity index (χ4v) is 1.82. The Labute approximate surface area is 108 Å². The number of ether oxygens (including phenoxy) is 1. The molecule has 82 valence electrons. The Morgan fingerprint density at radius 2 is 1.62 bits per heavy atom. The van der Waals surface area contributed by atoms with E-state index in [-0.39, 0.29) is 0 Å². The van der Waals surface area contributed by atoms with Crippen LogP contribution < -0.4 is 4.74 Å². The van der Waals surface area contributed by atoms with Gasteiger partial charge in [0.25, 0.3) is 0 Å². The zero-order chi connectivity index (χ0) is 11.5. The van der Waals surface area contributed by atoms with Gasteiger partial charge in [0, 0.05) is 16.1 Å². The van der Waals surface area contributed by atoms with E-state index in [2.05, 4.69) is 4.98 Å². The molecular formula is C11H6Cl3NO. The topological polar surface area (TPSA) is 22.1 Å². The fourth-order valence-electron chi connectivity index (χ4n) is 1.15. The van der Waals surface area contributed by atoms with Gasteiger partial charge in [0.05, 0.1) is 0 Å². The maximum Gasteiger partial charge on any atom is 0.220 e. The molecule has 0 N–H and O–H groups in total. The summed E-state index contributed by atoms with van der Waals surface area (Å²) in [7, 11) is 0. The van der Waals surface area contributed by atoms with E-state index in [0.717, 1.165) is 0 Å². The van der Waals surface area contributed by atoms with Crippen molar-refractivity contribution in [2.24, 2.45) is 0 Å². The van der Waals surface area contributed by atoms with Crippen LogP contribution in [0.25, 0.3) is 0 Å². The summed E-state index contributed by atoms with van der Waals surface area (Å²) < 4.78 is 5.46. The highest BCUT2D eigenvalue weighted by Gasteiger charge is 2.02. The molecule has 0 saturated heterocycles. The molecule has 1 heterocycles. The van der Waals surface area contributed by atoms with Gasteiger partial charge in [-0.2, -0.15) is 0 Å². The lowest BCUT2D eigenvalue weighted by Crippen LogP contribution is -1.87. The second-order valence-electron chi connectivity index (χ2n) is 3.01. The van der Waals surface area contributed by atoms with Crippen LogP contribution in [0.5, 0.6) is 11.6 Å². The van der Waals surface area contributed by atoms with Crippen molar-refractivity contribution in [2.75, 3.05) is 0 Å². The summed E-state index contributed by atoms with van der Waals surface area (Å²) in [4.78, 5) is 3.98. The summed E-state index contributed by atoms with van der Waals surface area (Å²) in [6, 6.07) is 10.0. The normalized spacial score (nSPS) is 10.2. The highest BCUT2D eigenvalue weighted by atomic mass is 35.5. The van der Waals surface area contributed by atoms with Crippen LogP contribution in [0, 0.1) is 0 Å². The first-order chi connectivity index (χ1) is 7.63. The number of benzene rings is 1. The molecule has 0 aliphatic carbocycles. The van der Waals surface area contributed by atoms with Gasteiger partial charge in [-0.25, -0.2) is 4.98 Å². The van der Waals surface area contributed by atoms with Gasteiger partial charge in [-0.05, 0) is 24.3 Å². The number of pyridine rings is 1. The van der Waals surface area contributed by atoms with Crippen LogP contribution in [0.2, 0.25) is 15.2 Å². The lowest BCUT2D eigenvalue weighted by atomic mass is 10.3. The summed E-state index contributed by atoms with van der Waals surface area (Å²) in [5.41, 5.74) is 0. The lowest BCUT2D eigenvalue weighted by Gasteiger charge is -2.05. The predicted octanol–water partition coefficient (Wildman–Crippen LogP) is 4.83. The summed E-state index contributed by atoms with van der Waals surface area (Å²) in [5, 5.41) is 1.37. The predicted molar refractivity (Wildman–Crippen MR) is 65.8 cm³/mol. The third-order valence-corrected chi connectivity index (χ3v) is 2.39. The molecule has 0 spiro atoms. The molecule has 5 heteroatoms. The Balaban J connectivity index is 2.27. The van der Waals surface area contributed by atoms with Gasteiger partial charge in [0.2, 0.25) is 5.88 Å². The van der Waals surface area contributed by atoms with E-state index in [1.165, 1.54) is 0 Å². The van der Waals surface area contributed by atoms with Crippen LogP contribution in [0.3, 0.4) is 0 Å². The minimum atomic E-state index is 0.366. The molecule has 16 heavy (non-hydrogen) atoms. The maximum absolute atomic E-state index is 5.84. The molecule has 0 fully saturated rings. The Morgan fingerprint density at radius 1 is 0.938 bits per heavy atom. The number of hydrogen-bond donors (Lipinski definition) is 0. The molecule has 0 aliphatic rings. The summed E-state index contributed by atoms with van der Waals surface area (Å²) in [5.74, 6) is 0.915. The molecule has 2 aromatic rings. The zero-order valence-corrected chi connectivity index (χ0v) is 10.2. The Hall–Kier alpha value is -0.960. The van der Waals surface area contributed by atoms with Gasteiger partial charge < -0.3 is 4.74 Å². The van der Waals surface area contributed by atoms with Crippen LogP contribution in [-0.4, -0.2) is 4.98 Å². The molecule has 0 aliphatic heterocycles. The van der Waals surface area contributed by atoms with E-state index in [1.807, 2.05) is 0 Å². The second-order valence-corrected chi connectivity index (χ2v) is 4.27. The van der Waals surface area contributed by atoms with E-state index < -0.39 is 0 Å². The molecule has 0 unspecified atom stereocenters. The van der Waals surface area contributed by atoms with Gasteiger partial charge in [0.15, 0.2) is 0 Å². The number of nitrogens with zero attached hydrogens (tertiary/aromatic N) is 1. The standard InChI is InChI=1S/C11H6Cl3NO/c12-7-4-8(13)6-9(5-7)16-11-3-1-2-10(14)15-11/h1-6H. The molecular weight excluding hydrogens is 268 g/mol. The van der Waals surface area contributed by atoms with E-state index >= 15 is 0 Å². The molecule has 0 atom stereocenters. The minimum absolute atomic E-state index is 0.366. The van der Waals surface area contributed by atoms with E-state index in [0.29, 0.717) is 26.8 Å². The highest BCUT2D eigenvalue weighted by Crippen LogP contribution is 2.27. The van der Waals surface area contributed by atoms with Crippen molar-refractivity contribution in [3.05, 3.63) is 51.6 Å². The van der Waals surface area contributed by atoms with Gasteiger partial charge in [0.1, 0.15) is 10.9 Å². The number of halogens is 3. The minimum Gasteiger partial charge on any atom is -0.439 e. The molecule has 0 radical (unpaired) electrons. The van der Waals surface area contributed by atoms with Crippen molar-refractivity contribution < 1.29 is 4.74 Å². The Bertz CT molecular complexity index is 496. The van der Waals surface area contributed by atoms with Gasteiger partial charge >= 0.3 is 0 Å². The summed E-state index contributed by atoms with van der Waals surface area (Å²) in [6.07, 6.45) is 0. The first-order valence-corrected chi connectivity index (χ1v) is 5.53. The maximum atomic E-state index is 5.84. The molecule has 0 bridgehead atoms. The molecule has 2 rings (SSSR count). The number of hydrogen-bond acceptors (Lipinski definition) is 2. The van der Waals surface area contributed by atoms with Crippen LogP contribution in [0.15, 0.2) is 36.4 Å². The monoisotopic (exact) mass is 273 g/mol. The zero-order valence-electron chi connectivity index (χ0n) is 7.95. The van der Waals surface area contributed by atoms with Crippen molar-refractivity contribution in [3.63, 3.8) is 0 Å². The van der Waals surface area contributed by atoms with Crippen molar-refractivity contribution in [3.8, 4) is 11.6 Å². The Morgan fingerprint density at radius 3 is 2.25 bits per heavy atom. The smallest absolute Gasteiger partial charge is 0.220 e. The van der Waals surface area contributed by atoms with E-state index in [1.54, 1.807) is 36.4 Å². The van der Waals surface area contributed by atoms with Crippen LogP contribution >= 0.6 is 34.8 Å². The van der Waals surface area contributed by atoms with Gasteiger partial charge in [-0.3, -0.25) is 0 Å². The Kier molecular flexibility index (Phi) is 3.54. The van der Waals surface area contributed by atoms with Gasteiger partial charge in [-0.15, -0.1) is 0 Å². The first-order valence-electron chi connectivity index (χ1n) is 4.40. The highest BCUT2D eigenvalue weighted by molar-refractivity contribution is 6.34. The van der Waals surface area contributed by atoms with Crippen molar-refractivity contribution in [2.45, 2.75) is 0 Å². The summed E-state index contributed by atoms with van der Waals surface area (Å²) in [6.45, 7) is 0. The first kappa shape index (κ1) is 11.5. The molecule has 1 aromatic carbocycles. The summed E-state index contributed by atoms with van der Waals surface area (Å²) >= 11 is 17.4. The second kappa shape index (κ2) is 4.91. The molecule has 0 amide bonds. The molecule has 0 saturated carbocycles. The van der Waals surface area contributed by atoms with Crippen LogP contribution in [0.4, 0.5) is 0 Å². The molecule has 1 aromatic heterocycles. The van der Waals surface area contributed by atoms with Crippen molar-refractivity contribution in [1.82, 2.24) is 4.98 Å². The van der Waals surface area contributed by atoms with Crippen LogP contribution in [-0.2, 0) is 0 Å². The van der Waals surface area contributed by atoms with Crippen molar-refractivity contribution in [1.29, 1.82) is 0 Å².